The fraction of sp³-hybridized carbons (Fsp3) is 0.483. The number of rotatable bonds is 7. The van der Waals surface area contributed by atoms with Crippen molar-refractivity contribution < 1.29 is 9.32 Å². The Kier molecular flexibility index (Phi) is 8.11. The smallest absolute Gasteiger partial charge is 0.241 e. The second kappa shape index (κ2) is 11.7. The molecule has 196 valence electrons. The molecule has 2 aliphatic rings. The molecular weight excluding hydrogens is 486 g/mol. The van der Waals surface area contributed by atoms with E-state index < -0.39 is 0 Å². The Morgan fingerprint density at radius 2 is 1.81 bits per heavy atom. The van der Waals surface area contributed by atoms with Gasteiger partial charge in [0.05, 0.1) is 12.6 Å². The fourth-order valence-corrected chi connectivity index (χ4v) is 5.52. The van der Waals surface area contributed by atoms with Crippen molar-refractivity contribution in [3.8, 4) is 11.4 Å². The molecule has 37 heavy (non-hydrogen) atoms. The van der Waals surface area contributed by atoms with Gasteiger partial charge in [-0.25, -0.2) is 0 Å². The van der Waals surface area contributed by atoms with Gasteiger partial charge < -0.3 is 14.7 Å². The molecule has 1 aromatic heterocycles. The predicted molar refractivity (Wildman–Crippen MR) is 146 cm³/mol. The van der Waals surface area contributed by atoms with Crippen LogP contribution in [0.2, 0.25) is 5.02 Å². The molecule has 3 aromatic rings. The van der Waals surface area contributed by atoms with Gasteiger partial charge in [0.2, 0.25) is 17.6 Å². The van der Waals surface area contributed by atoms with Crippen molar-refractivity contribution in [3.63, 3.8) is 0 Å². The third-order valence-electron chi connectivity index (χ3n) is 7.66. The normalized spacial score (nSPS) is 20.1. The van der Waals surface area contributed by atoms with E-state index in [2.05, 4.69) is 63.4 Å². The van der Waals surface area contributed by atoms with E-state index >= 15 is 0 Å². The molecule has 2 saturated heterocycles. The van der Waals surface area contributed by atoms with E-state index in [0.717, 1.165) is 56.1 Å². The molecule has 0 radical (unpaired) electrons. The Hall–Kier alpha value is -2.90. The highest BCUT2D eigenvalue weighted by Gasteiger charge is 2.27. The first-order chi connectivity index (χ1) is 17.9. The summed E-state index contributed by atoms with van der Waals surface area (Å²) in [5, 5.41) is 8.01. The maximum atomic E-state index is 13.0. The number of likely N-dealkylation sites (tertiary alicyclic amines) is 1. The van der Waals surface area contributed by atoms with Crippen LogP contribution in [0, 0.1) is 11.8 Å². The fourth-order valence-electron chi connectivity index (χ4n) is 5.39. The Morgan fingerprint density at radius 1 is 1.08 bits per heavy atom. The van der Waals surface area contributed by atoms with E-state index in [1.165, 1.54) is 18.5 Å². The van der Waals surface area contributed by atoms with Crippen molar-refractivity contribution in [2.45, 2.75) is 52.1 Å². The number of halogens is 1. The molecule has 1 amide bonds. The summed E-state index contributed by atoms with van der Waals surface area (Å²) in [4.78, 5) is 22.3. The zero-order valence-corrected chi connectivity index (χ0v) is 22.5. The van der Waals surface area contributed by atoms with Gasteiger partial charge in [0.1, 0.15) is 0 Å². The van der Waals surface area contributed by atoms with E-state index in [0.29, 0.717) is 23.3 Å². The molecule has 0 aliphatic carbocycles. The number of nitrogens with one attached hydrogen (secondary N) is 1. The minimum absolute atomic E-state index is 0.00968. The van der Waals surface area contributed by atoms with Gasteiger partial charge in [-0.05, 0) is 93.6 Å². The molecule has 7 nitrogen and oxygen atoms in total. The van der Waals surface area contributed by atoms with Crippen LogP contribution >= 0.6 is 11.6 Å². The van der Waals surface area contributed by atoms with Crippen LogP contribution in [0.1, 0.15) is 57.0 Å². The number of piperidine rings is 2. The van der Waals surface area contributed by atoms with Crippen LogP contribution in [0.25, 0.3) is 11.4 Å². The molecule has 1 N–H and O–H groups in total. The standard InChI is InChI=1S/C29H36ClN5O2/c1-20-4-3-15-35(18-20)26-11-7-22(8-12-26)21(2)31-29(36)24-13-16-34(17-14-24)19-27-32-28(33-37-27)23-5-9-25(30)10-6-23/h5-12,20-21,24H,3-4,13-19H2,1-2H3,(H,31,36). The van der Waals surface area contributed by atoms with Crippen molar-refractivity contribution in [2.24, 2.45) is 11.8 Å². The van der Waals surface area contributed by atoms with E-state index in [9.17, 15) is 4.79 Å². The summed E-state index contributed by atoms with van der Waals surface area (Å²) in [6, 6.07) is 16.1. The summed E-state index contributed by atoms with van der Waals surface area (Å²) in [5.74, 6) is 2.07. The summed E-state index contributed by atoms with van der Waals surface area (Å²) >= 11 is 5.96. The molecule has 0 saturated carbocycles. The minimum atomic E-state index is -0.00968. The Morgan fingerprint density at radius 3 is 2.51 bits per heavy atom. The number of amides is 1. The molecule has 5 rings (SSSR count). The van der Waals surface area contributed by atoms with E-state index in [1.54, 1.807) is 0 Å². The number of benzene rings is 2. The maximum absolute atomic E-state index is 13.0. The quantitative estimate of drug-likeness (QED) is 0.429. The number of aromatic nitrogens is 2. The number of anilines is 1. The second-order valence-electron chi connectivity index (χ2n) is 10.6. The highest BCUT2D eigenvalue weighted by Crippen LogP contribution is 2.26. The minimum Gasteiger partial charge on any atom is -0.371 e. The van der Waals surface area contributed by atoms with Crippen molar-refractivity contribution in [1.82, 2.24) is 20.4 Å². The molecular formula is C29H36ClN5O2. The van der Waals surface area contributed by atoms with E-state index in [-0.39, 0.29) is 17.9 Å². The number of hydrogen-bond donors (Lipinski definition) is 1. The third-order valence-corrected chi connectivity index (χ3v) is 7.91. The summed E-state index contributed by atoms with van der Waals surface area (Å²) in [6.45, 7) is 8.89. The van der Waals surface area contributed by atoms with Crippen LogP contribution in [0.3, 0.4) is 0 Å². The Bertz CT molecular complexity index is 1170. The molecule has 2 aliphatic heterocycles. The first-order valence-corrected chi connectivity index (χ1v) is 13.8. The zero-order chi connectivity index (χ0) is 25.8. The van der Waals surface area contributed by atoms with Gasteiger partial charge in [0.15, 0.2) is 0 Å². The lowest BCUT2D eigenvalue weighted by atomic mass is 9.95. The number of carbonyl (C=O) groups is 1. The summed E-state index contributed by atoms with van der Waals surface area (Å²) in [6.07, 6.45) is 4.22. The van der Waals surface area contributed by atoms with Gasteiger partial charge in [-0.2, -0.15) is 4.98 Å². The highest BCUT2D eigenvalue weighted by molar-refractivity contribution is 6.30. The van der Waals surface area contributed by atoms with Crippen LogP contribution in [0.5, 0.6) is 0 Å². The molecule has 0 spiro atoms. The molecule has 2 atom stereocenters. The first kappa shape index (κ1) is 25.7. The van der Waals surface area contributed by atoms with Gasteiger partial charge >= 0.3 is 0 Å². The lowest BCUT2D eigenvalue weighted by Crippen LogP contribution is -2.41. The van der Waals surface area contributed by atoms with Crippen LogP contribution in [-0.4, -0.2) is 47.1 Å². The summed E-state index contributed by atoms with van der Waals surface area (Å²) in [7, 11) is 0. The van der Waals surface area contributed by atoms with Crippen molar-refractivity contribution in [2.75, 3.05) is 31.1 Å². The Labute approximate surface area is 224 Å². The van der Waals surface area contributed by atoms with E-state index in [4.69, 9.17) is 16.1 Å². The second-order valence-corrected chi connectivity index (χ2v) is 11.0. The van der Waals surface area contributed by atoms with Crippen LogP contribution in [-0.2, 0) is 11.3 Å². The van der Waals surface area contributed by atoms with E-state index in [1.807, 2.05) is 24.3 Å². The average molecular weight is 522 g/mol. The number of hydrogen-bond acceptors (Lipinski definition) is 6. The largest absolute Gasteiger partial charge is 0.371 e. The van der Waals surface area contributed by atoms with Gasteiger partial charge in [-0.15, -0.1) is 0 Å². The topological polar surface area (TPSA) is 74.5 Å². The summed E-state index contributed by atoms with van der Waals surface area (Å²) < 4.78 is 5.46. The van der Waals surface area contributed by atoms with Crippen molar-refractivity contribution >= 4 is 23.2 Å². The van der Waals surface area contributed by atoms with Gasteiger partial charge in [0, 0.05) is 35.3 Å². The maximum Gasteiger partial charge on any atom is 0.241 e. The summed E-state index contributed by atoms with van der Waals surface area (Å²) in [5.41, 5.74) is 3.30. The van der Waals surface area contributed by atoms with Crippen LogP contribution in [0.15, 0.2) is 53.1 Å². The highest BCUT2D eigenvalue weighted by atomic mass is 35.5. The number of carbonyl (C=O) groups excluding carboxylic acids is 1. The first-order valence-electron chi connectivity index (χ1n) is 13.4. The third kappa shape index (κ3) is 6.51. The lowest BCUT2D eigenvalue weighted by molar-refractivity contribution is -0.127. The molecule has 0 bridgehead atoms. The van der Waals surface area contributed by atoms with Crippen molar-refractivity contribution in [1.29, 1.82) is 0 Å². The molecule has 3 heterocycles. The SMILES string of the molecule is CC1CCCN(c2ccc(C(C)NC(=O)C3CCN(Cc4nc(-c5ccc(Cl)cc5)no4)CC3)cc2)C1. The molecule has 2 aromatic carbocycles. The van der Waals surface area contributed by atoms with Gasteiger partial charge in [-0.3, -0.25) is 9.69 Å². The predicted octanol–water partition coefficient (Wildman–Crippen LogP) is 5.72. The molecule has 2 unspecified atom stereocenters. The van der Waals surface area contributed by atoms with Crippen LogP contribution in [0.4, 0.5) is 5.69 Å². The molecule has 8 heteroatoms. The number of nitrogens with zero attached hydrogens (tertiary/aromatic N) is 4. The van der Waals surface area contributed by atoms with Gasteiger partial charge in [0.25, 0.3) is 0 Å². The molecule has 2 fully saturated rings. The monoisotopic (exact) mass is 521 g/mol. The average Bonchev–Trinajstić information content (AvgIpc) is 3.38. The van der Waals surface area contributed by atoms with Crippen molar-refractivity contribution in [3.05, 3.63) is 65.0 Å². The zero-order valence-electron chi connectivity index (χ0n) is 21.7. The van der Waals surface area contributed by atoms with Gasteiger partial charge in [-0.1, -0.05) is 35.8 Å². The van der Waals surface area contributed by atoms with Crippen LogP contribution < -0.4 is 10.2 Å². The lowest BCUT2D eigenvalue weighted by Gasteiger charge is -2.33. The Balaban J connectivity index is 1.08.